The van der Waals surface area contributed by atoms with Crippen LogP contribution in [0.2, 0.25) is 0 Å². The van der Waals surface area contributed by atoms with Crippen LogP contribution in [0, 0.1) is 0 Å². The van der Waals surface area contributed by atoms with E-state index in [1.807, 2.05) is 12.1 Å². The Morgan fingerprint density at radius 2 is 1.28 bits per heavy atom. The second-order valence-electron chi connectivity index (χ2n) is 6.72. The highest BCUT2D eigenvalue weighted by Gasteiger charge is 2.29. The molecule has 10 heteroatoms. The lowest BCUT2D eigenvalue weighted by Gasteiger charge is -2.36. The zero-order valence-electron chi connectivity index (χ0n) is 15.2. The Hall–Kier alpha value is -1.49. The summed E-state index contributed by atoms with van der Waals surface area (Å²) in [5.41, 5.74) is 0. The lowest BCUT2D eigenvalue weighted by atomic mass is 10.3. The summed E-state index contributed by atoms with van der Waals surface area (Å²) in [6, 6.07) is 3.99. The molecule has 1 aromatic rings. The molecule has 2 fully saturated rings. The van der Waals surface area contributed by atoms with Gasteiger partial charge in [-0.1, -0.05) is 0 Å². The molecule has 0 aliphatic carbocycles. The van der Waals surface area contributed by atoms with Gasteiger partial charge in [0.25, 0.3) is 10.2 Å². The van der Waals surface area contributed by atoms with E-state index in [0.717, 1.165) is 37.8 Å². The standard InChI is InChI=1S/C15H27N7O2S/c1-18(2)25(23,24)22-12-10-21(11-13-22)15-5-4-14(16-17-15)20-8-6-19(3)7-9-20/h4-5H,6-13H2,1-3H3. The molecule has 9 nitrogen and oxygen atoms in total. The largest absolute Gasteiger partial charge is 0.353 e. The van der Waals surface area contributed by atoms with Crippen molar-refractivity contribution >= 4 is 21.8 Å². The average Bonchev–Trinajstić information content (AvgIpc) is 2.62. The molecule has 3 rings (SSSR count). The third-order valence-corrected chi connectivity index (χ3v) is 6.75. The molecule has 140 valence electrons. The van der Waals surface area contributed by atoms with Crippen molar-refractivity contribution in [1.82, 2.24) is 23.7 Å². The van der Waals surface area contributed by atoms with E-state index in [2.05, 4.69) is 31.9 Å². The summed E-state index contributed by atoms with van der Waals surface area (Å²) < 4.78 is 27.1. The van der Waals surface area contributed by atoms with Crippen LogP contribution >= 0.6 is 0 Å². The van der Waals surface area contributed by atoms with E-state index in [9.17, 15) is 8.42 Å². The molecular weight excluding hydrogens is 342 g/mol. The maximum absolute atomic E-state index is 12.2. The van der Waals surface area contributed by atoms with Crippen molar-refractivity contribution in [2.24, 2.45) is 0 Å². The zero-order valence-corrected chi connectivity index (χ0v) is 16.0. The van der Waals surface area contributed by atoms with E-state index in [4.69, 9.17) is 0 Å². The lowest BCUT2D eigenvalue weighted by molar-refractivity contribution is 0.311. The molecule has 2 saturated heterocycles. The number of likely N-dealkylation sites (N-methyl/N-ethyl adjacent to an activating group) is 1. The second kappa shape index (κ2) is 7.40. The van der Waals surface area contributed by atoms with Crippen molar-refractivity contribution in [2.45, 2.75) is 0 Å². The Bertz CT molecular complexity index is 664. The summed E-state index contributed by atoms with van der Waals surface area (Å²) in [6.45, 7) is 6.16. The summed E-state index contributed by atoms with van der Waals surface area (Å²) in [5, 5.41) is 8.74. The molecule has 25 heavy (non-hydrogen) atoms. The van der Waals surface area contributed by atoms with Crippen molar-refractivity contribution in [3.63, 3.8) is 0 Å². The normalized spacial score (nSPS) is 21.1. The van der Waals surface area contributed by atoms with Crippen LogP contribution in [0.5, 0.6) is 0 Å². The number of hydrogen-bond donors (Lipinski definition) is 0. The topological polar surface area (TPSA) is 76.1 Å². The maximum Gasteiger partial charge on any atom is 0.281 e. The number of piperazine rings is 2. The molecule has 0 unspecified atom stereocenters. The minimum absolute atomic E-state index is 0.461. The molecule has 0 atom stereocenters. The van der Waals surface area contributed by atoms with Gasteiger partial charge in [-0.15, -0.1) is 10.2 Å². The van der Waals surface area contributed by atoms with Gasteiger partial charge >= 0.3 is 0 Å². The summed E-state index contributed by atoms with van der Waals surface area (Å²) in [6.07, 6.45) is 0. The van der Waals surface area contributed by atoms with Crippen LogP contribution in [0.3, 0.4) is 0 Å². The third-order valence-electron chi connectivity index (χ3n) is 4.81. The van der Waals surface area contributed by atoms with Crippen molar-refractivity contribution in [3.05, 3.63) is 12.1 Å². The van der Waals surface area contributed by atoms with Gasteiger partial charge in [0.15, 0.2) is 11.6 Å². The highest BCUT2D eigenvalue weighted by molar-refractivity contribution is 7.86. The van der Waals surface area contributed by atoms with Crippen LogP contribution in [0.1, 0.15) is 0 Å². The van der Waals surface area contributed by atoms with E-state index >= 15 is 0 Å². The smallest absolute Gasteiger partial charge is 0.281 e. The van der Waals surface area contributed by atoms with Gasteiger partial charge in [-0.25, -0.2) is 0 Å². The monoisotopic (exact) mass is 369 g/mol. The number of rotatable bonds is 4. The molecule has 0 amide bonds. The fourth-order valence-electron chi connectivity index (χ4n) is 3.07. The predicted molar refractivity (Wildman–Crippen MR) is 98.1 cm³/mol. The quantitative estimate of drug-likeness (QED) is 0.685. The Morgan fingerprint density at radius 1 is 0.840 bits per heavy atom. The Balaban J connectivity index is 1.59. The SMILES string of the molecule is CN1CCN(c2ccc(N3CCN(S(=O)(=O)N(C)C)CC3)nn2)CC1. The fourth-order valence-corrected chi connectivity index (χ4v) is 4.16. The molecule has 2 aliphatic rings. The first-order chi connectivity index (χ1) is 11.9. The average molecular weight is 369 g/mol. The lowest BCUT2D eigenvalue weighted by Crippen LogP contribution is -2.52. The summed E-state index contributed by atoms with van der Waals surface area (Å²) in [4.78, 5) is 6.64. The number of anilines is 2. The summed E-state index contributed by atoms with van der Waals surface area (Å²) >= 11 is 0. The summed E-state index contributed by atoms with van der Waals surface area (Å²) in [7, 11) is 1.91. The van der Waals surface area contributed by atoms with Gasteiger partial charge in [0.05, 0.1) is 0 Å². The third kappa shape index (κ3) is 4.02. The first-order valence-electron chi connectivity index (χ1n) is 8.58. The zero-order chi connectivity index (χ0) is 18.0. The van der Waals surface area contributed by atoms with Gasteiger partial charge in [-0.05, 0) is 19.2 Å². The van der Waals surface area contributed by atoms with Gasteiger partial charge < -0.3 is 14.7 Å². The molecule has 3 heterocycles. The van der Waals surface area contributed by atoms with E-state index in [0.29, 0.717) is 26.2 Å². The van der Waals surface area contributed by atoms with Gasteiger partial charge in [0, 0.05) is 66.5 Å². The first-order valence-corrected chi connectivity index (χ1v) is 9.97. The first kappa shape index (κ1) is 18.3. The van der Waals surface area contributed by atoms with Crippen LogP contribution in [0.25, 0.3) is 0 Å². The van der Waals surface area contributed by atoms with Crippen LogP contribution in [-0.4, -0.2) is 106 Å². The highest BCUT2D eigenvalue weighted by Crippen LogP contribution is 2.18. The highest BCUT2D eigenvalue weighted by atomic mass is 32.2. The van der Waals surface area contributed by atoms with Crippen LogP contribution in [0.4, 0.5) is 11.6 Å². The van der Waals surface area contributed by atoms with E-state index in [-0.39, 0.29) is 0 Å². The molecule has 0 aromatic carbocycles. The van der Waals surface area contributed by atoms with Crippen molar-refractivity contribution in [1.29, 1.82) is 0 Å². The Morgan fingerprint density at radius 3 is 1.68 bits per heavy atom. The molecule has 0 radical (unpaired) electrons. The predicted octanol–water partition coefficient (Wildman–Crippen LogP) is -0.843. The van der Waals surface area contributed by atoms with Gasteiger partial charge in [0.2, 0.25) is 0 Å². The fraction of sp³-hybridized carbons (Fsp3) is 0.733. The minimum Gasteiger partial charge on any atom is -0.353 e. The molecule has 0 saturated carbocycles. The Labute approximate surface area is 150 Å². The molecule has 0 spiro atoms. The van der Waals surface area contributed by atoms with Gasteiger partial charge in [-0.2, -0.15) is 17.0 Å². The van der Waals surface area contributed by atoms with Gasteiger partial charge in [-0.3, -0.25) is 0 Å². The van der Waals surface area contributed by atoms with Crippen LogP contribution < -0.4 is 9.80 Å². The maximum atomic E-state index is 12.2. The molecular formula is C15H27N7O2S. The van der Waals surface area contributed by atoms with Crippen molar-refractivity contribution in [2.75, 3.05) is 83.3 Å². The van der Waals surface area contributed by atoms with Gasteiger partial charge in [0.1, 0.15) is 0 Å². The Kier molecular flexibility index (Phi) is 5.42. The molecule has 0 N–H and O–H groups in total. The molecule has 0 bridgehead atoms. The number of nitrogens with zero attached hydrogens (tertiary/aromatic N) is 7. The van der Waals surface area contributed by atoms with Crippen molar-refractivity contribution in [3.8, 4) is 0 Å². The van der Waals surface area contributed by atoms with Crippen LogP contribution in [0.15, 0.2) is 12.1 Å². The van der Waals surface area contributed by atoms with Crippen molar-refractivity contribution < 1.29 is 8.42 Å². The van der Waals surface area contributed by atoms with E-state index in [1.165, 1.54) is 8.61 Å². The van der Waals surface area contributed by atoms with Crippen LogP contribution in [-0.2, 0) is 10.2 Å². The van der Waals surface area contributed by atoms with E-state index in [1.54, 1.807) is 14.1 Å². The number of hydrogen-bond acceptors (Lipinski definition) is 7. The van der Waals surface area contributed by atoms with E-state index < -0.39 is 10.2 Å². The summed E-state index contributed by atoms with van der Waals surface area (Å²) in [5.74, 6) is 1.71. The second-order valence-corrected chi connectivity index (χ2v) is 8.86. The number of aromatic nitrogens is 2. The minimum atomic E-state index is -3.34. The molecule has 2 aliphatic heterocycles. The molecule has 1 aromatic heterocycles.